The number of hydrogen-bond acceptors (Lipinski definition) is 5. The maximum Gasteiger partial charge on any atom is 0.210 e. The van der Waals surface area contributed by atoms with Gasteiger partial charge in [0.2, 0.25) is 6.41 Å². The van der Waals surface area contributed by atoms with Crippen LogP contribution in [0.4, 0.5) is 0 Å². The number of benzene rings is 4. The third kappa shape index (κ3) is 9.26. The quantitative estimate of drug-likeness (QED) is 0.121. The number of Topliss-reactive ketones (excluding diaryl/α,β-unsaturated/α-hetero) is 1. The molecule has 43 heavy (non-hydrogen) atoms. The van der Waals surface area contributed by atoms with E-state index in [2.05, 4.69) is 94.6 Å². The summed E-state index contributed by atoms with van der Waals surface area (Å²) in [5.74, 6) is 1.88. The van der Waals surface area contributed by atoms with E-state index in [0.29, 0.717) is 13.1 Å². The van der Waals surface area contributed by atoms with Crippen molar-refractivity contribution in [1.82, 2.24) is 4.90 Å². The molecule has 0 spiro atoms. The van der Waals surface area contributed by atoms with Gasteiger partial charge in [-0.2, -0.15) is 0 Å². The van der Waals surface area contributed by atoms with Crippen molar-refractivity contribution in [3.8, 4) is 11.5 Å². The number of fused-ring (bicyclic) bond motifs is 1. The molecule has 0 radical (unpaired) electrons. The Balaban J connectivity index is 0.000000201. The van der Waals surface area contributed by atoms with Gasteiger partial charge >= 0.3 is 0 Å². The first-order chi connectivity index (χ1) is 20.7. The fraction of sp³-hybridized carbons (Fsp3) is 0.257. The zero-order valence-corrected chi connectivity index (χ0v) is 29.3. The fourth-order valence-electron chi connectivity index (χ4n) is 4.93. The molecule has 1 amide bonds. The highest BCUT2D eigenvalue weighted by molar-refractivity contribution is 14.1. The molecule has 8 heteroatoms. The van der Waals surface area contributed by atoms with Crippen molar-refractivity contribution in [3.63, 3.8) is 0 Å². The summed E-state index contributed by atoms with van der Waals surface area (Å²) in [7, 11) is 3.35. The number of carbonyl (C=O) groups excluding carboxylic acids is 2. The summed E-state index contributed by atoms with van der Waals surface area (Å²) in [4.78, 5) is 24.3. The SMILES string of the molecule is CC(=O)c1ccc(I)cc1.COc1ccc2c(c1)CCN(C=O)C2(C)c1ccc(I)cc1.COc1cccc(CCN)c1. The van der Waals surface area contributed by atoms with Gasteiger partial charge in [0, 0.05) is 19.2 Å². The molecule has 0 aromatic heterocycles. The van der Waals surface area contributed by atoms with Crippen LogP contribution in [-0.2, 0) is 23.2 Å². The number of halogens is 2. The van der Waals surface area contributed by atoms with Gasteiger partial charge in [-0.25, -0.2) is 0 Å². The number of rotatable bonds is 7. The van der Waals surface area contributed by atoms with E-state index in [-0.39, 0.29) is 5.78 Å². The predicted octanol–water partition coefficient (Wildman–Crippen LogP) is 7.27. The highest BCUT2D eigenvalue weighted by atomic mass is 127. The highest BCUT2D eigenvalue weighted by Crippen LogP contribution is 2.41. The van der Waals surface area contributed by atoms with Crippen LogP contribution in [0.1, 0.15) is 46.5 Å². The van der Waals surface area contributed by atoms with E-state index in [9.17, 15) is 9.59 Å². The van der Waals surface area contributed by atoms with Crippen molar-refractivity contribution >= 4 is 57.4 Å². The largest absolute Gasteiger partial charge is 0.497 e. The summed E-state index contributed by atoms with van der Waals surface area (Å²) in [6.07, 6.45) is 2.73. The smallest absolute Gasteiger partial charge is 0.210 e. The lowest BCUT2D eigenvalue weighted by Crippen LogP contribution is -2.48. The average molecular weight is 805 g/mol. The summed E-state index contributed by atoms with van der Waals surface area (Å²) in [5.41, 5.74) is 10.5. The molecule has 4 aromatic carbocycles. The monoisotopic (exact) mass is 804 g/mol. The van der Waals surface area contributed by atoms with Gasteiger partial charge in [0.15, 0.2) is 5.78 Å². The third-order valence-electron chi connectivity index (χ3n) is 7.38. The summed E-state index contributed by atoms with van der Waals surface area (Å²) in [5, 5.41) is 0. The van der Waals surface area contributed by atoms with E-state index in [4.69, 9.17) is 15.2 Å². The normalized spacial score (nSPS) is 15.1. The fourth-order valence-corrected chi connectivity index (χ4v) is 5.65. The maximum atomic E-state index is 11.6. The molecule has 0 bridgehead atoms. The van der Waals surface area contributed by atoms with Crippen molar-refractivity contribution in [1.29, 1.82) is 0 Å². The summed E-state index contributed by atoms with van der Waals surface area (Å²) >= 11 is 4.50. The van der Waals surface area contributed by atoms with Gasteiger partial charge in [-0.1, -0.05) is 42.5 Å². The standard InChI is InChI=1S/C18H18INO2.C9H13NO.C8H7IO/c1-18(14-3-5-15(19)6-4-14)17-8-7-16(22-2)11-13(17)9-10-20(18)12-21;1-11-9-4-2-3-8(7-9)5-6-10;1-6(10)7-2-4-8(9)5-3-7/h3-8,11-12H,9-10H2,1-2H3;2-4,7H,5-6,10H2,1H3;2-5H,1H3. The second kappa shape index (κ2) is 16.8. The zero-order valence-electron chi connectivity index (χ0n) is 25.0. The van der Waals surface area contributed by atoms with Crippen LogP contribution < -0.4 is 15.2 Å². The molecular formula is C35H38I2N2O4. The second-order valence-electron chi connectivity index (χ2n) is 10.1. The average Bonchev–Trinajstić information content (AvgIpc) is 3.02. The molecule has 2 N–H and O–H groups in total. The van der Waals surface area contributed by atoms with E-state index in [1.54, 1.807) is 21.1 Å². The minimum Gasteiger partial charge on any atom is -0.497 e. The van der Waals surface area contributed by atoms with Gasteiger partial charge in [-0.15, -0.1) is 0 Å². The molecule has 1 aliphatic heterocycles. The molecule has 5 rings (SSSR count). The van der Waals surface area contributed by atoms with E-state index >= 15 is 0 Å². The summed E-state index contributed by atoms with van der Waals surface area (Å²) in [6, 6.07) is 30.0. The molecule has 0 fully saturated rings. The lowest BCUT2D eigenvalue weighted by atomic mass is 9.77. The van der Waals surface area contributed by atoms with E-state index in [1.807, 2.05) is 53.4 Å². The van der Waals surface area contributed by atoms with Crippen LogP contribution in [0.2, 0.25) is 0 Å². The number of amides is 1. The van der Waals surface area contributed by atoms with Gasteiger partial charge in [-0.05, 0) is 149 Å². The van der Waals surface area contributed by atoms with Crippen molar-refractivity contribution in [2.45, 2.75) is 32.2 Å². The van der Waals surface area contributed by atoms with Crippen LogP contribution in [0.25, 0.3) is 0 Å². The Morgan fingerprint density at radius 1 is 0.907 bits per heavy atom. The van der Waals surface area contributed by atoms with Crippen LogP contribution in [0.5, 0.6) is 11.5 Å². The molecule has 0 saturated carbocycles. The Hall–Kier alpha value is -2.96. The molecular weight excluding hydrogens is 766 g/mol. The Morgan fingerprint density at radius 2 is 1.51 bits per heavy atom. The van der Waals surface area contributed by atoms with Crippen LogP contribution in [0, 0.1) is 7.14 Å². The van der Waals surface area contributed by atoms with Crippen molar-refractivity contribution in [2.24, 2.45) is 5.73 Å². The summed E-state index contributed by atoms with van der Waals surface area (Å²) < 4.78 is 12.7. The predicted molar refractivity (Wildman–Crippen MR) is 190 cm³/mol. The molecule has 1 heterocycles. The Morgan fingerprint density at radius 3 is 2.07 bits per heavy atom. The zero-order chi connectivity index (χ0) is 31.4. The first kappa shape index (κ1) is 34.5. The van der Waals surface area contributed by atoms with E-state index in [1.165, 1.54) is 20.3 Å². The van der Waals surface area contributed by atoms with E-state index < -0.39 is 5.54 Å². The summed E-state index contributed by atoms with van der Waals surface area (Å²) in [6.45, 7) is 5.09. The Labute approximate surface area is 282 Å². The number of ketones is 1. The Kier molecular flexibility index (Phi) is 13.5. The first-order valence-electron chi connectivity index (χ1n) is 13.9. The molecule has 226 valence electrons. The first-order valence-corrected chi connectivity index (χ1v) is 16.1. The van der Waals surface area contributed by atoms with Crippen molar-refractivity contribution < 1.29 is 19.1 Å². The van der Waals surface area contributed by atoms with Gasteiger partial charge < -0.3 is 20.1 Å². The molecule has 1 atom stereocenters. The van der Waals surface area contributed by atoms with E-state index in [0.717, 1.165) is 45.4 Å². The minimum atomic E-state index is -0.439. The molecule has 1 aliphatic rings. The van der Waals surface area contributed by atoms with Crippen LogP contribution in [-0.4, -0.2) is 44.4 Å². The molecule has 4 aromatic rings. The minimum absolute atomic E-state index is 0.122. The molecule has 0 saturated heterocycles. The van der Waals surface area contributed by atoms with Gasteiger partial charge in [0.25, 0.3) is 0 Å². The number of hydrogen-bond donors (Lipinski definition) is 1. The van der Waals surface area contributed by atoms with Crippen LogP contribution in [0.15, 0.2) is 91.0 Å². The lowest BCUT2D eigenvalue weighted by molar-refractivity contribution is -0.122. The van der Waals surface area contributed by atoms with Crippen molar-refractivity contribution in [2.75, 3.05) is 27.3 Å². The molecule has 6 nitrogen and oxygen atoms in total. The van der Waals surface area contributed by atoms with Gasteiger partial charge in [-0.3, -0.25) is 9.59 Å². The van der Waals surface area contributed by atoms with Crippen LogP contribution >= 0.6 is 45.2 Å². The van der Waals surface area contributed by atoms with Gasteiger partial charge in [0.05, 0.1) is 19.8 Å². The Bertz CT molecular complexity index is 1490. The lowest BCUT2D eigenvalue weighted by Gasteiger charge is -2.44. The molecule has 1 unspecified atom stereocenters. The van der Waals surface area contributed by atoms with Crippen LogP contribution in [0.3, 0.4) is 0 Å². The number of nitrogens with two attached hydrogens (primary N) is 1. The second-order valence-corrected chi connectivity index (χ2v) is 12.6. The maximum absolute atomic E-state index is 11.6. The third-order valence-corrected chi connectivity index (χ3v) is 8.82. The topological polar surface area (TPSA) is 81.9 Å². The van der Waals surface area contributed by atoms with Crippen molar-refractivity contribution in [3.05, 3.63) is 126 Å². The number of carbonyl (C=O) groups is 2. The van der Waals surface area contributed by atoms with Gasteiger partial charge in [0.1, 0.15) is 11.5 Å². The number of ether oxygens (including phenoxy) is 2. The number of methoxy groups -OCH3 is 2. The number of nitrogens with zero attached hydrogens (tertiary/aromatic N) is 1. The molecule has 0 aliphatic carbocycles. The highest BCUT2D eigenvalue weighted by Gasteiger charge is 2.39.